The van der Waals surface area contributed by atoms with Crippen LogP contribution in [0.15, 0.2) is 133 Å². The van der Waals surface area contributed by atoms with E-state index in [1.807, 2.05) is 127 Å². The Morgan fingerprint density at radius 2 is 0.763 bits per heavy atom. The molecule has 2 atom stereocenters. The molecule has 0 aliphatic heterocycles. The maximum Gasteiger partial charge on any atom is 0.124 e. The summed E-state index contributed by atoms with van der Waals surface area (Å²) in [7, 11) is 0. The first-order valence-electron chi connectivity index (χ1n) is 12.5. The van der Waals surface area contributed by atoms with Crippen LogP contribution in [0.5, 0.6) is 11.5 Å². The summed E-state index contributed by atoms with van der Waals surface area (Å²) in [6.07, 6.45) is 0. The van der Waals surface area contributed by atoms with Crippen molar-refractivity contribution in [1.82, 2.24) is 0 Å². The average Bonchev–Trinajstić information content (AvgIpc) is 2.97. The molecule has 0 fully saturated rings. The fraction of sp³-hybridized carbons (Fsp3) is 0.0556. The molecule has 5 rings (SSSR count). The van der Waals surface area contributed by atoms with Gasteiger partial charge in [-0.05, 0) is 41.5 Å². The molecule has 2 N–H and O–H groups in total. The van der Waals surface area contributed by atoms with Gasteiger partial charge in [-0.1, -0.05) is 121 Å². The molecule has 0 bridgehead atoms. The second-order valence-corrected chi connectivity index (χ2v) is 8.93. The monoisotopic (exact) mass is 490 g/mol. The summed E-state index contributed by atoms with van der Waals surface area (Å²) in [5, 5.41) is 22.1. The van der Waals surface area contributed by atoms with E-state index in [4.69, 9.17) is 0 Å². The second-order valence-electron chi connectivity index (χ2n) is 8.93. The molecule has 2 heteroatoms. The summed E-state index contributed by atoms with van der Waals surface area (Å²) < 4.78 is 0. The Balaban J connectivity index is 1.66. The Morgan fingerprint density at radius 1 is 0.421 bits per heavy atom. The van der Waals surface area contributed by atoms with Crippen molar-refractivity contribution >= 4 is 0 Å². The van der Waals surface area contributed by atoms with E-state index in [0.29, 0.717) is 11.1 Å². The minimum absolute atomic E-state index is 0.00899. The van der Waals surface area contributed by atoms with Crippen LogP contribution in [0.25, 0.3) is 0 Å². The quantitative estimate of drug-likeness (QED) is 0.257. The zero-order valence-corrected chi connectivity index (χ0v) is 20.8. The van der Waals surface area contributed by atoms with Crippen LogP contribution < -0.4 is 0 Å². The van der Waals surface area contributed by atoms with Crippen LogP contribution in [-0.2, 0) is 0 Å². The number of rotatable bonds is 4. The fourth-order valence-corrected chi connectivity index (χ4v) is 4.40. The first-order chi connectivity index (χ1) is 18.7. The number of phenolic OH excluding ortho intramolecular Hbond substituents is 2. The summed E-state index contributed by atoms with van der Waals surface area (Å²) in [5.74, 6) is 12.4. The van der Waals surface area contributed by atoms with Gasteiger partial charge in [0, 0.05) is 28.3 Å². The molecule has 0 radical (unpaired) electrons. The predicted octanol–water partition coefficient (Wildman–Crippen LogP) is 7.47. The SMILES string of the molecule is Oc1cc(O)c(C(C#Cc2ccccc2)c2ccccc2)cc1C(C#Cc1ccccc1)c1ccccc1. The van der Waals surface area contributed by atoms with Crippen molar-refractivity contribution in [3.05, 3.63) is 167 Å². The molecule has 0 amide bonds. The van der Waals surface area contributed by atoms with Crippen LogP contribution in [0, 0.1) is 23.7 Å². The Kier molecular flexibility index (Phi) is 7.55. The number of benzene rings is 5. The third-order valence-electron chi connectivity index (χ3n) is 6.33. The van der Waals surface area contributed by atoms with E-state index in [2.05, 4.69) is 23.7 Å². The summed E-state index contributed by atoms with van der Waals surface area (Å²) in [6, 6.07) is 42.6. The van der Waals surface area contributed by atoms with Crippen molar-refractivity contribution in [2.75, 3.05) is 0 Å². The van der Waals surface area contributed by atoms with Crippen molar-refractivity contribution in [1.29, 1.82) is 0 Å². The lowest BCUT2D eigenvalue weighted by atomic mass is 9.85. The van der Waals surface area contributed by atoms with Crippen molar-refractivity contribution in [3.63, 3.8) is 0 Å². The lowest BCUT2D eigenvalue weighted by Gasteiger charge is -2.19. The summed E-state index contributed by atoms with van der Waals surface area (Å²) >= 11 is 0. The highest BCUT2D eigenvalue weighted by molar-refractivity contribution is 5.58. The first kappa shape index (κ1) is 24.5. The van der Waals surface area contributed by atoms with Crippen LogP contribution in [0.4, 0.5) is 0 Å². The highest BCUT2D eigenvalue weighted by Crippen LogP contribution is 2.40. The molecule has 0 saturated heterocycles. The Bertz CT molecular complexity index is 1500. The molecular formula is C36H26O2. The number of phenols is 2. The van der Waals surface area contributed by atoms with E-state index in [1.165, 1.54) is 6.07 Å². The maximum atomic E-state index is 11.0. The third kappa shape index (κ3) is 5.79. The maximum absolute atomic E-state index is 11.0. The predicted molar refractivity (Wildman–Crippen MR) is 153 cm³/mol. The molecule has 2 unspecified atom stereocenters. The average molecular weight is 491 g/mol. The molecule has 2 nitrogen and oxygen atoms in total. The van der Waals surface area contributed by atoms with Gasteiger partial charge in [0.2, 0.25) is 0 Å². The van der Waals surface area contributed by atoms with Crippen molar-refractivity contribution in [3.8, 4) is 35.2 Å². The molecule has 5 aromatic carbocycles. The lowest BCUT2D eigenvalue weighted by Crippen LogP contribution is -2.04. The molecule has 182 valence electrons. The zero-order chi connectivity index (χ0) is 26.2. The Labute approximate surface area is 223 Å². The van der Waals surface area contributed by atoms with E-state index in [-0.39, 0.29) is 11.5 Å². The van der Waals surface area contributed by atoms with Gasteiger partial charge in [0.25, 0.3) is 0 Å². The first-order valence-corrected chi connectivity index (χ1v) is 12.5. The van der Waals surface area contributed by atoms with Gasteiger partial charge in [-0.3, -0.25) is 0 Å². The topological polar surface area (TPSA) is 40.5 Å². The summed E-state index contributed by atoms with van der Waals surface area (Å²) in [6.45, 7) is 0. The molecule has 0 aliphatic carbocycles. The molecule has 0 saturated carbocycles. The highest BCUT2D eigenvalue weighted by atomic mass is 16.3. The van der Waals surface area contributed by atoms with Crippen molar-refractivity contribution in [2.24, 2.45) is 0 Å². The summed E-state index contributed by atoms with van der Waals surface area (Å²) in [5.41, 5.74) is 4.93. The molecule has 0 heterocycles. The van der Waals surface area contributed by atoms with Gasteiger partial charge >= 0.3 is 0 Å². The minimum atomic E-state index is -0.408. The number of aromatic hydroxyl groups is 2. The van der Waals surface area contributed by atoms with Gasteiger partial charge in [0.05, 0.1) is 11.8 Å². The molecule has 0 aliphatic rings. The normalized spacial score (nSPS) is 11.8. The van der Waals surface area contributed by atoms with Crippen LogP contribution in [0.2, 0.25) is 0 Å². The van der Waals surface area contributed by atoms with Crippen LogP contribution in [0.3, 0.4) is 0 Å². The number of hydrogen-bond acceptors (Lipinski definition) is 2. The van der Waals surface area contributed by atoms with E-state index >= 15 is 0 Å². The van der Waals surface area contributed by atoms with Gasteiger partial charge in [-0.15, -0.1) is 0 Å². The van der Waals surface area contributed by atoms with E-state index in [1.54, 1.807) is 0 Å². The van der Waals surface area contributed by atoms with E-state index in [0.717, 1.165) is 22.3 Å². The van der Waals surface area contributed by atoms with Gasteiger partial charge in [0.15, 0.2) is 0 Å². The fourth-order valence-electron chi connectivity index (χ4n) is 4.40. The Morgan fingerprint density at radius 3 is 1.13 bits per heavy atom. The van der Waals surface area contributed by atoms with Gasteiger partial charge in [-0.25, -0.2) is 0 Å². The van der Waals surface area contributed by atoms with E-state index in [9.17, 15) is 10.2 Å². The zero-order valence-electron chi connectivity index (χ0n) is 20.8. The molecule has 0 aromatic heterocycles. The highest BCUT2D eigenvalue weighted by Gasteiger charge is 2.23. The molecule has 38 heavy (non-hydrogen) atoms. The standard InChI is InChI=1S/C36H26O2/c37-35-26-36(38)34(32(30-19-11-4-12-20-30)24-22-28-15-7-2-8-16-28)25-33(35)31(29-17-9-3-10-18-29)23-21-27-13-5-1-6-14-27/h1-20,25-26,31-32,37-38H. The summed E-state index contributed by atoms with van der Waals surface area (Å²) in [4.78, 5) is 0. The number of hydrogen-bond donors (Lipinski definition) is 2. The molecule has 5 aromatic rings. The van der Waals surface area contributed by atoms with Crippen LogP contribution in [0.1, 0.15) is 45.2 Å². The van der Waals surface area contributed by atoms with E-state index < -0.39 is 11.8 Å². The lowest BCUT2D eigenvalue weighted by molar-refractivity contribution is 0.441. The second kappa shape index (κ2) is 11.7. The smallest absolute Gasteiger partial charge is 0.124 e. The molecular weight excluding hydrogens is 464 g/mol. The van der Waals surface area contributed by atoms with Crippen molar-refractivity contribution < 1.29 is 10.2 Å². The third-order valence-corrected chi connectivity index (χ3v) is 6.33. The van der Waals surface area contributed by atoms with Crippen LogP contribution in [-0.4, -0.2) is 10.2 Å². The van der Waals surface area contributed by atoms with Gasteiger partial charge in [0.1, 0.15) is 11.5 Å². The molecule has 0 spiro atoms. The Hall–Kier alpha value is -5.18. The minimum Gasteiger partial charge on any atom is -0.507 e. The van der Waals surface area contributed by atoms with Gasteiger partial charge in [-0.2, -0.15) is 0 Å². The van der Waals surface area contributed by atoms with Crippen LogP contribution >= 0.6 is 0 Å². The van der Waals surface area contributed by atoms with Gasteiger partial charge < -0.3 is 10.2 Å². The van der Waals surface area contributed by atoms with Crippen molar-refractivity contribution in [2.45, 2.75) is 11.8 Å². The largest absolute Gasteiger partial charge is 0.507 e.